The Hall–Kier alpha value is -2.82. The van der Waals surface area contributed by atoms with Crippen molar-refractivity contribution in [1.82, 2.24) is 14.5 Å². The van der Waals surface area contributed by atoms with Gasteiger partial charge in [0.25, 0.3) is 0 Å². The maximum Gasteiger partial charge on any atom is 0.225 e. The molecule has 2 aliphatic heterocycles. The van der Waals surface area contributed by atoms with E-state index in [1.807, 2.05) is 0 Å². The van der Waals surface area contributed by atoms with Gasteiger partial charge in [-0.1, -0.05) is 50.2 Å². The third kappa shape index (κ3) is 4.50. The molecule has 0 N–H and O–H groups in total. The van der Waals surface area contributed by atoms with E-state index in [4.69, 9.17) is 4.98 Å². The first-order chi connectivity index (χ1) is 16.0. The summed E-state index contributed by atoms with van der Waals surface area (Å²) in [5.74, 6) is 2.78. The van der Waals surface area contributed by atoms with E-state index in [2.05, 4.69) is 83.7 Å². The minimum atomic E-state index is 0.146. The number of rotatable bonds is 4. The molecule has 5 nitrogen and oxygen atoms in total. The average molecular weight is 445 g/mol. The molecule has 2 aliphatic rings. The molecule has 2 saturated heterocycles. The van der Waals surface area contributed by atoms with Crippen LogP contribution in [-0.4, -0.2) is 46.5 Å². The third-order valence-corrected chi connectivity index (χ3v) is 7.53. The number of fused-ring (bicyclic) bond motifs is 1. The molecule has 1 aromatic heterocycles. The minimum Gasteiger partial charge on any atom is -0.342 e. The predicted octanol–water partition coefficient (Wildman–Crippen LogP) is 5.11. The number of likely N-dealkylation sites (tertiary alicyclic amines) is 1. The fourth-order valence-electron chi connectivity index (χ4n) is 5.85. The number of hydrogen-bond acceptors (Lipinski definition) is 3. The lowest BCUT2D eigenvalue weighted by molar-refractivity contribution is -0.138. The van der Waals surface area contributed by atoms with E-state index in [-0.39, 0.29) is 5.92 Å². The Balaban J connectivity index is 1.34. The van der Waals surface area contributed by atoms with Gasteiger partial charge in [0.05, 0.1) is 17.6 Å². The number of aromatic nitrogens is 2. The minimum absolute atomic E-state index is 0.146. The lowest BCUT2D eigenvalue weighted by Gasteiger charge is -2.39. The van der Waals surface area contributed by atoms with Crippen molar-refractivity contribution in [2.24, 2.45) is 17.8 Å². The van der Waals surface area contributed by atoms with Crippen molar-refractivity contribution in [3.63, 3.8) is 0 Å². The van der Waals surface area contributed by atoms with Gasteiger partial charge in [0.15, 0.2) is 0 Å². The van der Waals surface area contributed by atoms with E-state index in [1.165, 1.54) is 23.1 Å². The molecule has 0 bridgehead atoms. The molecule has 174 valence electrons. The van der Waals surface area contributed by atoms with E-state index in [9.17, 15) is 4.79 Å². The molecule has 0 spiro atoms. The molecule has 0 unspecified atom stereocenters. The highest BCUT2D eigenvalue weighted by Gasteiger charge is 2.33. The molecule has 3 heterocycles. The Morgan fingerprint density at radius 2 is 1.64 bits per heavy atom. The molecule has 1 amide bonds. The highest BCUT2D eigenvalue weighted by Crippen LogP contribution is 2.30. The fraction of sp³-hybridized carbons (Fsp3) is 0.500. The summed E-state index contributed by atoms with van der Waals surface area (Å²) in [5.41, 5.74) is 4.83. The number of imidazole rings is 1. The van der Waals surface area contributed by atoms with Gasteiger partial charge in [0.1, 0.15) is 0 Å². The lowest BCUT2D eigenvalue weighted by Crippen LogP contribution is -2.48. The van der Waals surface area contributed by atoms with Gasteiger partial charge in [-0.3, -0.25) is 4.79 Å². The summed E-state index contributed by atoms with van der Waals surface area (Å²) in [6.07, 6.45) is 3.05. The van der Waals surface area contributed by atoms with Crippen LogP contribution >= 0.6 is 0 Å². The Labute approximate surface area is 197 Å². The SMILES string of the molecule is Cc1ccccc1Cn1c(N2CCC(C(=O)N3C[C@@H](C)C[C@H](C)C3)CC2)nc2ccccc21. The summed E-state index contributed by atoms with van der Waals surface area (Å²) >= 11 is 0. The summed E-state index contributed by atoms with van der Waals surface area (Å²) in [4.78, 5) is 22.8. The van der Waals surface area contributed by atoms with Crippen LogP contribution in [0.25, 0.3) is 11.0 Å². The monoisotopic (exact) mass is 444 g/mol. The van der Waals surface area contributed by atoms with Crippen molar-refractivity contribution in [3.05, 3.63) is 59.7 Å². The fourth-order valence-corrected chi connectivity index (χ4v) is 5.85. The molecule has 2 atom stereocenters. The number of para-hydroxylation sites is 2. The van der Waals surface area contributed by atoms with Crippen LogP contribution in [0.15, 0.2) is 48.5 Å². The lowest BCUT2D eigenvalue weighted by atomic mass is 9.89. The number of amides is 1. The van der Waals surface area contributed by atoms with Crippen molar-refractivity contribution in [3.8, 4) is 0 Å². The zero-order valence-electron chi connectivity index (χ0n) is 20.2. The molecular weight excluding hydrogens is 408 g/mol. The number of hydrogen-bond donors (Lipinski definition) is 0. The number of anilines is 1. The van der Waals surface area contributed by atoms with Gasteiger partial charge in [-0.2, -0.15) is 0 Å². The highest BCUT2D eigenvalue weighted by atomic mass is 16.2. The van der Waals surface area contributed by atoms with Crippen LogP contribution in [0.2, 0.25) is 0 Å². The van der Waals surface area contributed by atoms with Crippen molar-refractivity contribution < 1.29 is 4.79 Å². The topological polar surface area (TPSA) is 41.4 Å². The van der Waals surface area contributed by atoms with Gasteiger partial charge in [-0.25, -0.2) is 4.98 Å². The molecule has 0 aliphatic carbocycles. The highest BCUT2D eigenvalue weighted by molar-refractivity contribution is 5.80. The maximum absolute atomic E-state index is 13.3. The van der Waals surface area contributed by atoms with Crippen LogP contribution in [0.3, 0.4) is 0 Å². The summed E-state index contributed by atoms with van der Waals surface area (Å²) in [6.45, 7) is 11.2. The number of benzene rings is 2. The van der Waals surface area contributed by atoms with Crippen LogP contribution in [0, 0.1) is 24.7 Å². The second kappa shape index (κ2) is 9.20. The van der Waals surface area contributed by atoms with Gasteiger partial charge < -0.3 is 14.4 Å². The smallest absolute Gasteiger partial charge is 0.225 e. The Bertz CT molecular complexity index is 1120. The number of nitrogens with zero attached hydrogens (tertiary/aromatic N) is 4. The second-order valence-electron chi connectivity index (χ2n) is 10.4. The molecule has 33 heavy (non-hydrogen) atoms. The first-order valence-corrected chi connectivity index (χ1v) is 12.5. The first-order valence-electron chi connectivity index (χ1n) is 12.5. The van der Waals surface area contributed by atoms with E-state index in [0.717, 1.165) is 57.0 Å². The summed E-state index contributed by atoms with van der Waals surface area (Å²) in [6, 6.07) is 17.0. The summed E-state index contributed by atoms with van der Waals surface area (Å²) in [5, 5.41) is 0. The predicted molar refractivity (Wildman–Crippen MR) is 134 cm³/mol. The molecule has 2 aromatic carbocycles. The number of carbonyl (C=O) groups is 1. The van der Waals surface area contributed by atoms with Crippen LogP contribution in [0.1, 0.15) is 44.2 Å². The zero-order valence-corrected chi connectivity index (χ0v) is 20.2. The van der Waals surface area contributed by atoms with Crippen LogP contribution in [-0.2, 0) is 11.3 Å². The molecular formula is C28H36N4O. The van der Waals surface area contributed by atoms with Crippen LogP contribution in [0.4, 0.5) is 5.95 Å². The van der Waals surface area contributed by atoms with E-state index in [0.29, 0.717) is 17.7 Å². The van der Waals surface area contributed by atoms with Crippen molar-refractivity contribution in [1.29, 1.82) is 0 Å². The van der Waals surface area contributed by atoms with Crippen LogP contribution in [0.5, 0.6) is 0 Å². The Morgan fingerprint density at radius 1 is 0.970 bits per heavy atom. The number of carbonyl (C=O) groups excluding carboxylic acids is 1. The molecule has 3 aromatic rings. The van der Waals surface area contributed by atoms with E-state index >= 15 is 0 Å². The van der Waals surface area contributed by atoms with Gasteiger partial charge in [0.2, 0.25) is 11.9 Å². The molecule has 0 saturated carbocycles. The van der Waals surface area contributed by atoms with E-state index in [1.54, 1.807) is 0 Å². The van der Waals surface area contributed by atoms with Gasteiger partial charge in [-0.05, 0) is 61.3 Å². The quantitative estimate of drug-likeness (QED) is 0.561. The molecule has 2 fully saturated rings. The number of piperidine rings is 2. The number of aryl methyl sites for hydroxylation is 1. The molecule has 5 rings (SSSR count). The van der Waals surface area contributed by atoms with Gasteiger partial charge >= 0.3 is 0 Å². The summed E-state index contributed by atoms with van der Waals surface area (Å²) < 4.78 is 2.35. The van der Waals surface area contributed by atoms with Crippen molar-refractivity contribution >= 4 is 22.9 Å². The Morgan fingerprint density at radius 3 is 2.36 bits per heavy atom. The van der Waals surface area contributed by atoms with Gasteiger partial charge in [-0.15, -0.1) is 0 Å². The Kier molecular flexibility index (Phi) is 6.13. The van der Waals surface area contributed by atoms with Crippen LogP contribution < -0.4 is 4.90 Å². The van der Waals surface area contributed by atoms with E-state index < -0.39 is 0 Å². The van der Waals surface area contributed by atoms with Crippen molar-refractivity contribution in [2.75, 3.05) is 31.1 Å². The largest absolute Gasteiger partial charge is 0.342 e. The maximum atomic E-state index is 13.3. The standard InChI is InChI=1S/C28H36N4O/c1-20-16-21(2)18-31(17-20)27(33)23-12-14-30(15-13-23)28-29-25-10-6-7-11-26(25)32(28)19-24-9-5-4-8-22(24)3/h4-11,20-21,23H,12-19H2,1-3H3/t20-,21-/m0/s1. The molecule has 0 radical (unpaired) electrons. The summed E-state index contributed by atoms with van der Waals surface area (Å²) in [7, 11) is 0. The average Bonchev–Trinajstić information content (AvgIpc) is 3.18. The molecule has 5 heteroatoms. The third-order valence-electron chi connectivity index (χ3n) is 7.53. The van der Waals surface area contributed by atoms with Gasteiger partial charge in [0, 0.05) is 32.1 Å². The first kappa shape index (κ1) is 22.0. The van der Waals surface area contributed by atoms with Crippen molar-refractivity contribution in [2.45, 2.75) is 46.6 Å². The normalized spacial score (nSPS) is 22.2. The zero-order chi connectivity index (χ0) is 22.9. The second-order valence-corrected chi connectivity index (χ2v) is 10.4.